The predicted molar refractivity (Wildman–Crippen MR) is 80.4 cm³/mol. The van der Waals surface area contributed by atoms with Crippen LogP contribution in [0.3, 0.4) is 0 Å². The molecule has 0 fully saturated rings. The Kier molecular flexibility index (Phi) is 2.47. The Morgan fingerprint density at radius 3 is 2.67 bits per heavy atom. The van der Waals surface area contributed by atoms with Crippen LogP contribution >= 0.6 is 0 Å². The lowest BCUT2D eigenvalue weighted by Gasteiger charge is -2.03. The summed E-state index contributed by atoms with van der Waals surface area (Å²) in [6, 6.07) is 11.7. The first-order chi connectivity index (χ1) is 10.3. The average molecular weight is 276 g/mol. The quantitative estimate of drug-likeness (QED) is 0.550. The van der Waals surface area contributed by atoms with Crippen LogP contribution in [-0.2, 0) is 0 Å². The number of nitrogen functional groups attached to an aromatic ring is 1. The summed E-state index contributed by atoms with van der Waals surface area (Å²) in [6.07, 6.45) is 5.60. The minimum absolute atomic E-state index is 0.751. The van der Waals surface area contributed by atoms with Gasteiger partial charge in [-0.1, -0.05) is 17.3 Å². The highest BCUT2D eigenvalue weighted by molar-refractivity contribution is 5.69. The Balaban J connectivity index is 1.84. The normalized spacial score (nSPS) is 11.0. The Morgan fingerprint density at radius 1 is 1.05 bits per heavy atom. The van der Waals surface area contributed by atoms with Crippen molar-refractivity contribution in [2.75, 3.05) is 5.73 Å². The van der Waals surface area contributed by atoms with Crippen molar-refractivity contribution in [3.8, 4) is 22.5 Å². The summed E-state index contributed by atoms with van der Waals surface area (Å²) < 4.78 is 2.04. The van der Waals surface area contributed by atoms with Crippen molar-refractivity contribution in [3.05, 3.63) is 55.0 Å². The fourth-order valence-electron chi connectivity index (χ4n) is 2.35. The van der Waals surface area contributed by atoms with E-state index < -0.39 is 0 Å². The molecule has 1 aromatic carbocycles. The van der Waals surface area contributed by atoms with Gasteiger partial charge >= 0.3 is 0 Å². The lowest BCUT2D eigenvalue weighted by Crippen LogP contribution is -1.90. The molecule has 0 amide bonds. The zero-order chi connectivity index (χ0) is 14.2. The number of aromatic nitrogens is 5. The number of hydrogen-bond acceptors (Lipinski definition) is 4. The molecule has 0 unspecified atom stereocenters. The van der Waals surface area contributed by atoms with E-state index in [0.29, 0.717) is 0 Å². The number of pyridine rings is 1. The number of H-pyrrole nitrogens is 1. The van der Waals surface area contributed by atoms with Crippen LogP contribution in [0, 0.1) is 0 Å². The monoisotopic (exact) mass is 276 g/mol. The lowest BCUT2D eigenvalue weighted by molar-refractivity contribution is 0.942. The third kappa shape index (κ3) is 1.93. The number of nitrogens with one attached hydrogen (secondary N) is 1. The largest absolute Gasteiger partial charge is 0.399 e. The number of nitrogens with zero attached hydrogens (tertiary/aromatic N) is 4. The lowest BCUT2D eigenvalue weighted by atomic mass is 10.1. The van der Waals surface area contributed by atoms with Gasteiger partial charge in [0.15, 0.2) is 0 Å². The van der Waals surface area contributed by atoms with E-state index in [2.05, 4.69) is 20.4 Å². The van der Waals surface area contributed by atoms with Crippen LogP contribution in [0.5, 0.6) is 0 Å². The van der Waals surface area contributed by atoms with Crippen molar-refractivity contribution in [3.63, 3.8) is 0 Å². The number of fused-ring (bicyclic) bond motifs is 1. The van der Waals surface area contributed by atoms with Gasteiger partial charge in [0.1, 0.15) is 11.3 Å². The Bertz CT molecular complexity index is 890. The van der Waals surface area contributed by atoms with E-state index >= 15 is 0 Å². The van der Waals surface area contributed by atoms with E-state index in [-0.39, 0.29) is 0 Å². The first-order valence-corrected chi connectivity index (χ1v) is 6.51. The van der Waals surface area contributed by atoms with Crippen LogP contribution in [-0.4, -0.2) is 24.8 Å². The zero-order valence-corrected chi connectivity index (χ0v) is 11.1. The molecule has 6 heteroatoms. The van der Waals surface area contributed by atoms with Gasteiger partial charge in [-0.05, 0) is 24.3 Å². The second kappa shape index (κ2) is 4.45. The first-order valence-electron chi connectivity index (χ1n) is 6.51. The van der Waals surface area contributed by atoms with Gasteiger partial charge in [-0.2, -0.15) is 0 Å². The molecule has 0 atom stereocenters. The smallest absolute Gasteiger partial charge is 0.137 e. The van der Waals surface area contributed by atoms with Gasteiger partial charge in [-0.3, -0.25) is 9.50 Å². The van der Waals surface area contributed by atoms with Crippen LogP contribution in [0.4, 0.5) is 5.69 Å². The maximum Gasteiger partial charge on any atom is 0.137 e. The summed E-state index contributed by atoms with van der Waals surface area (Å²) in [5, 5.41) is 10.4. The molecule has 3 N–H and O–H groups in total. The molecular formula is C15H12N6. The Labute approximate surface area is 120 Å². The number of benzene rings is 1. The molecule has 0 aliphatic heterocycles. The minimum atomic E-state index is 0.751. The summed E-state index contributed by atoms with van der Waals surface area (Å²) in [6.45, 7) is 0. The highest BCUT2D eigenvalue weighted by atomic mass is 15.3. The molecule has 4 rings (SSSR count). The third-order valence-corrected chi connectivity index (χ3v) is 3.43. The van der Waals surface area contributed by atoms with Crippen LogP contribution in [0.2, 0.25) is 0 Å². The zero-order valence-electron chi connectivity index (χ0n) is 11.1. The fourth-order valence-corrected chi connectivity index (χ4v) is 2.35. The van der Waals surface area contributed by atoms with Crippen molar-refractivity contribution in [2.24, 2.45) is 0 Å². The first kappa shape index (κ1) is 11.7. The minimum Gasteiger partial charge on any atom is -0.399 e. The summed E-state index contributed by atoms with van der Waals surface area (Å²) in [5.41, 5.74) is 11.2. The topological polar surface area (TPSA) is 84.9 Å². The van der Waals surface area contributed by atoms with Gasteiger partial charge in [0, 0.05) is 29.2 Å². The number of nitrogens with two attached hydrogens (primary N) is 1. The molecule has 0 aliphatic carbocycles. The van der Waals surface area contributed by atoms with Crippen LogP contribution in [0.15, 0.2) is 55.0 Å². The number of anilines is 1. The van der Waals surface area contributed by atoms with Crippen molar-refractivity contribution in [2.45, 2.75) is 0 Å². The van der Waals surface area contributed by atoms with Gasteiger partial charge in [-0.15, -0.1) is 5.10 Å². The summed E-state index contributed by atoms with van der Waals surface area (Å²) in [4.78, 5) is 4.46. The molecule has 0 radical (unpaired) electrons. The van der Waals surface area contributed by atoms with Crippen LogP contribution in [0.25, 0.3) is 28.2 Å². The van der Waals surface area contributed by atoms with Crippen molar-refractivity contribution in [1.82, 2.24) is 24.8 Å². The molecule has 3 aromatic heterocycles. The molecule has 0 bridgehead atoms. The maximum absolute atomic E-state index is 5.73. The number of hydrogen-bond donors (Lipinski definition) is 2. The van der Waals surface area contributed by atoms with E-state index in [1.54, 1.807) is 6.20 Å². The highest BCUT2D eigenvalue weighted by Crippen LogP contribution is 2.24. The summed E-state index contributed by atoms with van der Waals surface area (Å²) in [5.74, 6) is 0. The number of aromatic amines is 1. The Hall–Kier alpha value is -3.15. The van der Waals surface area contributed by atoms with E-state index in [4.69, 9.17) is 5.73 Å². The molecule has 102 valence electrons. The predicted octanol–water partition coefficient (Wildman–Crippen LogP) is 2.37. The van der Waals surface area contributed by atoms with E-state index in [1.807, 2.05) is 53.2 Å². The van der Waals surface area contributed by atoms with Crippen molar-refractivity contribution in [1.29, 1.82) is 0 Å². The summed E-state index contributed by atoms with van der Waals surface area (Å²) >= 11 is 0. The number of imidazole rings is 1. The van der Waals surface area contributed by atoms with Crippen molar-refractivity contribution >= 4 is 11.3 Å². The molecule has 0 saturated carbocycles. The van der Waals surface area contributed by atoms with E-state index in [0.717, 1.165) is 33.8 Å². The molecule has 21 heavy (non-hydrogen) atoms. The van der Waals surface area contributed by atoms with E-state index in [9.17, 15) is 0 Å². The van der Waals surface area contributed by atoms with Gasteiger partial charge in [0.2, 0.25) is 0 Å². The second-order valence-corrected chi connectivity index (χ2v) is 4.77. The maximum atomic E-state index is 5.73. The average Bonchev–Trinajstić information content (AvgIpc) is 3.17. The van der Waals surface area contributed by atoms with Crippen molar-refractivity contribution < 1.29 is 0 Å². The van der Waals surface area contributed by atoms with Crippen LogP contribution in [0.1, 0.15) is 0 Å². The molecular weight excluding hydrogens is 264 g/mol. The van der Waals surface area contributed by atoms with Gasteiger partial charge in [0.05, 0.1) is 11.9 Å². The van der Waals surface area contributed by atoms with Gasteiger partial charge in [0.25, 0.3) is 0 Å². The molecule has 4 aromatic rings. The van der Waals surface area contributed by atoms with E-state index in [1.165, 1.54) is 0 Å². The SMILES string of the molecule is Nc1ccc(-c2cnc3cc(-c4c[nH]nn4)ccn23)cc1. The highest BCUT2D eigenvalue weighted by Gasteiger charge is 2.08. The standard InChI is InChI=1S/C15H12N6/c16-12-3-1-10(2-4-12)14-9-17-15-7-11(5-6-21(14)15)13-8-18-20-19-13/h1-9H,16H2,(H,18,19,20). The van der Waals surface area contributed by atoms with Gasteiger partial charge in [-0.25, -0.2) is 4.98 Å². The summed E-state index contributed by atoms with van der Waals surface area (Å²) in [7, 11) is 0. The molecule has 0 spiro atoms. The van der Waals surface area contributed by atoms with Gasteiger partial charge < -0.3 is 5.73 Å². The molecule has 3 heterocycles. The molecule has 0 aliphatic rings. The molecule has 0 saturated heterocycles. The second-order valence-electron chi connectivity index (χ2n) is 4.77. The van der Waals surface area contributed by atoms with Crippen LogP contribution < -0.4 is 5.73 Å². The Morgan fingerprint density at radius 2 is 1.90 bits per heavy atom. The number of rotatable bonds is 2. The molecule has 6 nitrogen and oxygen atoms in total. The third-order valence-electron chi connectivity index (χ3n) is 3.43. The fraction of sp³-hybridized carbons (Fsp3) is 0.